The highest BCUT2D eigenvalue weighted by Gasteiger charge is 2.43. The average Bonchev–Trinajstić information content (AvgIpc) is 3.07. The molecule has 3 rings (SSSR count). The van der Waals surface area contributed by atoms with Crippen molar-refractivity contribution in [1.29, 1.82) is 0 Å². The predicted octanol–water partition coefficient (Wildman–Crippen LogP) is 0.629. The van der Waals surface area contributed by atoms with Gasteiger partial charge in [-0.1, -0.05) is 17.9 Å². The summed E-state index contributed by atoms with van der Waals surface area (Å²) in [6, 6.07) is 9.42. The van der Waals surface area contributed by atoms with Gasteiger partial charge >= 0.3 is 0 Å². The third-order valence-corrected chi connectivity index (χ3v) is 5.81. The first-order valence-electron chi connectivity index (χ1n) is 10.7. The van der Waals surface area contributed by atoms with Gasteiger partial charge in [-0.05, 0) is 49.2 Å². The van der Waals surface area contributed by atoms with E-state index in [9.17, 15) is 14.7 Å². The molecule has 2 heterocycles. The van der Waals surface area contributed by atoms with E-state index in [1.165, 1.54) is 16.9 Å². The van der Waals surface area contributed by atoms with Gasteiger partial charge in [-0.15, -0.1) is 0 Å². The third kappa shape index (κ3) is 4.77. The molecule has 1 aliphatic rings. The summed E-state index contributed by atoms with van der Waals surface area (Å²) in [5, 5.41) is 13.4. The van der Waals surface area contributed by atoms with Crippen LogP contribution in [0, 0.1) is 0 Å². The van der Waals surface area contributed by atoms with Crippen molar-refractivity contribution >= 4 is 17.4 Å². The van der Waals surface area contributed by atoms with E-state index in [0.717, 1.165) is 26.1 Å². The van der Waals surface area contributed by atoms with Gasteiger partial charge in [-0.2, -0.15) is 0 Å². The van der Waals surface area contributed by atoms with Crippen LogP contribution in [0.1, 0.15) is 37.4 Å². The van der Waals surface area contributed by atoms with Crippen LogP contribution in [0.4, 0.5) is 0 Å². The Hall–Kier alpha value is -3.19. The van der Waals surface area contributed by atoms with Gasteiger partial charge < -0.3 is 19.6 Å². The Balaban J connectivity index is 2.01. The lowest BCUT2D eigenvalue weighted by Gasteiger charge is -2.28. The number of benzene rings is 1. The van der Waals surface area contributed by atoms with Crippen molar-refractivity contribution in [3.8, 4) is 5.75 Å². The van der Waals surface area contributed by atoms with Gasteiger partial charge in [-0.3, -0.25) is 14.6 Å². The fourth-order valence-corrected chi connectivity index (χ4v) is 4.02. The second-order valence-corrected chi connectivity index (χ2v) is 7.55. The Labute approximate surface area is 183 Å². The smallest absolute Gasteiger partial charge is 0.295 e. The molecule has 2 aromatic rings. The van der Waals surface area contributed by atoms with Crippen molar-refractivity contribution in [3.05, 3.63) is 65.5 Å². The average molecular weight is 424 g/mol. The fourth-order valence-electron chi connectivity index (χ4n) is 4.02. The van der Waals surface area contributed by atoms with E-state index in [0.29, 0.717) is 23.4 Å². The van der Waals surface area contributed by atoms with Gasteiger partial charge in [0.1, 0.15) is 5.75 Å². The molecule has 1 unspecified atom stereocenters. The molecule has 0 radical (unpaired) electrons. The SMILES string of the molecule is CC[NH+](CC)CCCN1C(=O)C(=O)C(=C([O-])c2cccc(OC)c2)C1c1ccncc1. The molecule has 1 aromatic heterocycles. The number of likely N-dealkylation sites (tertiary alicyclic amines) is 1. The number of nitrogens with one attached hydrogen (secondary N) is 1. The number of carbonyl (C=O) groups is 2. The topological polar surface area (TPSA) is 87.0 Å². The number of hydrogen-bond donors (Lipinski definition) is 1. The quantitative estimate of drug-likeness (QED) is 0.363. The van der Waals surface area contributed by atoms with Crippen LogP contribution in [0.5, 0.6) is 5.75 Å². The number of amides is 1. The lowest BCUT2D eigenvalue weighted by Crippen LogP contribution is -3.11. The van der Waals surface area contributed by atoms with E-state index in [4.69, 9.17) is 4.74 Å². The molecule has 1 fully saturated rings. The molecule has 7 heteroatoms. The summed E-state index contributed by atoms with van der Waals surface area (Å²) >= 11 is 0. The van der Waals surface area contributed by atoms with E-state index in [2.05, 4.69) is 18.8 Å². The molecule has 1 amide bonds. The number of pyridine rings is 1. The standard InChI is InChI=1S/C24H29N3O4/c1-4-26(5-2)14-7-15-27-21(17-10-12-25-13-11-17)20(23(29)24(27)30)22(28)18-8-6-9-19(16-18)31-3/h6,8-13,16,21,28H,4-5,7,14-15H2,1-3H3. The van der Waals surface area contributed by atoms with E-state index in [1.807, 2.05) is 0 Å². The van der Waals surface area contributed by atoms with Gasteiger partial charge in [-0.25, -0.2) is 0 Å². The van der Waals surface area contributed by atoms with Crippen molar-refractivity contribution in [3.63, 3.8) is 0 Å². The van der Waals surface area contributed by atoms with Crippen molar-refractivity contribution < 1.29 is 24.3 Å². The molecule has 1 N–H and O–H groups in total. The zero-order chi connectivity index (χ0) is 22.4. The first-order chi connectivity index (χ1) is 15.0. The van der Waals surface area contributed by atoms with Crippen LogP contribution in [0.25, 0.3) is 5.76 Å². The number of hydrogen-bond acceptors (Lipinski definition) is 5. The number of ketones is 1. The molecule has 0 bridgehead atoms. The Morgan fingerprint density at radius 1 is 1.16 bits per heavy atom. The summed E-state index contributed by atoms with van der Waals surface area (Å²) in [6.07, 6.45) is 3.96. The normalized spacial score (nSPS) is 18.1. The number of quaternary nitrogens is 1. The second kappa shape index (κ2) is 10.2. The van der Waals surface area contributed by atoms with Gasteiger partial charge in [0.05, 0.1) is 32.8 Å². The Kier molecular flexibility index (Phi) is 7.41. The zero-order valence-electron chi connectivity index (χ0n) is 18.3. The monoisotopic (exact) mass is 423 g/mol. The summed E-state index contributed by atoms with van der Waals surface area (Å²) in [7, 11) is 1.51. The number of Topliss-reactive ketones (excluding diaryl/α,β-unsaturated/α-hetero) is 1. The molecule has 1 saturated heterocycles. The number of nitrogens with zero attached hydrogens (tertiary/aromatic N) is 2. The molecule has 0 saturated carbocycles. The number of ether oxygens (including phenoxy) is 1. The fraction of sp³-hybridized carbons (Fsp3) is 0.375. The Morgan fingerprint density at radius 3 is 2.52 bits per heavy atom. The highest BCUT2D eigenvalue weighted by Crippen LogP contribution is 2.38. The molecular formula is C24H29N3O4. The van der Waals surface area contributed by atoms with Gasteiger partial charge in [0.25, 0.3) is 5.91 Å². The predicted molar refractivity (Wildman–Crippen MR) is 115 cm³/mol. The lowest BCUT2D eigenvalue weighted by molar-refractivity contribution is -0.896. The zero-order valence-corrected chi connectivity index (χ0v) is 18.3. The molecular weight excluding hydrogens is 394 g/mol. The van der Waals surface area contributed by atoms with Crippen LogP contribution in [0.2, 0.25) is 0 Å². The molecule has 1 aromatic carbocycles. The molecule has 164 valence electrons. The molecule has 31 heavy (non-hydrogen) atoms. The van der Waals surface area contributed by atoms with E-state index in [1.54, 1.807) is 48.8 Å². The summed E-state index contributed by atoms with van der Waals surface area (Å²) in [5.41, 5.74) is 1.01. The molecule has 0 aliphatic carbocycles. The Bertz CT molecular complexity index is 954. The highest BCUT2D eigenvalue weighted by atomic mass is 16.5. The minimum Gasteiger partial charge on any atom is -0.872 e. The van der Waals surface area contributed by atoms with E-state index >= 15 is 0 Å². The van der Waals surface area contributed by atoms with Crippen molar-refractivity contribution in [2.24, 2.45) is 0 Å². The van der Waals surface area contributed by atoms with Gasteiger partial charge in [0.15, 0.2) is 0 Å². The third-order valence-electron chi connectivity index (χ3n) is 5.81. The highest BCUT2D eigenvalue weighted by molar-refractivity contribution is 6.46. The molecule has 7 nitrogen and oxygen atoms in total. The first kappa shape index (κ1) is 22.5. The van der Waals surface area contributed by atoms with Crippen molar-refractivity contribution in [2.75, 3.05) is 33.3 Å². The number of aromatic nitrogens is 1. The van der Waals surface area contributed by atoms with Crippen LogP contribution in [-0.2, 0) is 9.59 Å². The lowest BCUT2D eigenvalue weighted by atomic mass is 9.96. The maximum Gasteiger partial charge on any atom is 0.295 e. The van der Waals surface area contributed by atoms with E-state index < -0.39 is 23.5 Å². The first-order valence-corrected chi connectivity index (χ1v) is 10.7. The molecule has 1 atom stereocenters. The number of methoxy groups -OCH3 is 1. The minimum atomic E-state index is -0.732. The van der Waals surface area contributed by atoms with E-state index in [-0.39, 0.29) is 5.57 Å². The summed E-state index contributed by atoms with van der Waals surface area (Å²) in [6.45, 7) is 7.57. The molecule has 0 spiro atoms. The summed E-state index contributed by atoms with van der Waals surface area (Å²) < 4.78 is 5.21. The van der Waals surface area contributed by atoms with Crippen molar-refractivity contribution in [1.82, 2.24) is 9.88 Å². The Morgan fingerprint density at radius 2 is 1.87 bits per heavy atom. The number of carbonyl (C=O) groups excluding carboxylic acids is 2. The van der Waals surface area contributed by atoms with Crippen LogP contribution >= 0.6 is 0 Å². The summed E-state index contributed by atoms with van der Waals surface area (Å²) in [4.78, 5) is 32.9. The number of rotatable bonds is 9. The van der Waals surface area contributed by atoms with Gasteiger partial charge in [0, 0.05) is 30.9 Å². The van der Waals surface area contributed by atoms with Crippen molar-refractivity contribution in [2.45, 2.75) is 26.3 Å². The summed E-state index contributed by atoms with van der Waals surface area (Å²) in [5.74, 6) is -1.29. The van der Waals surface area contributed by atoms with Crippen LogP contribution in [-0.4, -0.2) is 54.9 Å². The van der Waals surface area contributed by atoms with Crippen LogP contribution in [0.3, 0.4) is 0 Å². The second-order valence-electron chi connectivity index (χ2n) is 7.55. The minimum absolute atomic E-state index is 0.0142. The maximum absolute atomic E-state index is 13.4. The largest absolute Gasteiger partial charge is 0.872 e. The van der Waals surface area contributed by atoms with Crippen LogP contribution in [0.15, 0.2) is 54.4 Å². The van der Waals surface area contributed by atoms with Gasteiger partial charge in [0.2, 0.25) is 5.78 Å². The maximum atomic E-state index is 13.4. The molecule has 1 aliphatic heterocycles. The van der Waals surface area contributed by atoms with Crippen LogP contribution < -0.4 is 14.7 Å².